The van der Waals surface area contributed by atoms with Crippen LogP contribution < -0.4 is 5.32 Å². The lowest BCUT2D eigenvalue weighted by atomic mass is 10.2. The number of benzene rings is 1. The maximum atomic E-state index is 12.2. The van der Waals surface area contributed by atoms with Gasteiger partial charge in [0.15, 0.2) is 17.3 Å². The number of hydrogen-bond acceptors (Lipinski definition) is 8. The van der Waals surface area contributed by atoms with Crippen molar-refractivity contribution in [3.63, 3.8) is 0 Å². The highest BCUT2D eigenvalue weighted by atomic mass is 16.5. The predicted molar refractivity (Wildman–Crippen MR) is 98.4 cm³/mol. The SMILES string of the molecule is O=C(NCCc1noc(-c2ccccc2)n1)c1cc(CN2CCOCC2)on1. The van der Waals surface area contributed by atoms with Crippen LogP contribution in [0.1, 0.15) is 22.1 Å². The van der Waals surface area contributed by atoms with E-state index >= 15 is 0 Å². The summed E-state index contributed by atoms with van der Waals surface area (Å²) in [7, 11) is 0. The lowest BCUT2D eigenvalue weighted by Crippen LogP contribution is -2.35. The Balaban J connectivity index is 1.25. The number of amides is 1. The lowest BCUT2D eigenvalue weighted by molar-refractivity contribution is 0.0305. The Morgan fingerprint density at radius 1 is 1.11 bits per heavy atom. The molecule has 28 heavy (non-hydrogen) atoms. The third-order valence-corrected chi connectivity index (χ3v) is 4.40. The number of hydrogen-bond donors (Lipinski definition) is 1. The summed E-state index contributed by atoms with van der Waals surface area (Å²) in [4.78, 5) is 18.8. The van der Waals surface area contributed by atoms with E-state index in [4.69, 9.17) is 13.8 Å². The molecule has 0 saturated carbocycles. The Morgan fingerprint density at radius 3 is 2.75 bits per heavy atom. The molecule has 1 aliphatic heterocycles. The Morgan fingerprint density at radius 2 is 1.93 bits per heavy atom. The smallest absolute Gasteiger partial charge is 0.273 e. The summed E-state index contributed by atoms with van der Waals surface area (Å²) < 4.78 is 15.8. The molecule has 1 aromatic carbocycles. The molecule has 0 spiro atoms. The Kier molecular flexibility index (Phi) is 5.74. The van der Waals surface area contributed by atoms with Gasteiger partial charge in [0, 0.05) is 37.7 Å². The highest BCUT2D eigenvalue weighted by Gasteiger charge is 2.17. The quantitative estimate of drug-likeness (QED) is 0.655. The van der Waals surface area contributed by atoms with Gasteiger partial charge in [0.1, 0.15) is 0 Å². The average molecular weight is 383 g/mol. The predicted octanol–water partition coefficient (Wildman–Crippen LogP) is 1.53. The number of aromatic nitrogens is 3. The Hall–Kier alpha value is -3.04. The molecule has 1 saturated heterocycles. The van der Waals surface area contributed by atoms with E-state index in [1.165, 1.54) is 0 Å². The summed E-state index contributed by atoms with van der Waals surface area (Å²) in [5, 5.41) is 10.6. The summed E-state index contributed by atoms with van der Waals surface area (Å²) >= 11 is 0. The van der Waals surface area contributed by atoms with Crippen LogP contribution in [0.15, 0.2) is 45.4 Å². The second kappa shape index (κ2) is 8.77. The molecule has 3 heterocycles. The minimum Gasteiger partial charge on any atom is -0.379 e. The van der Waals surface area contributed by atoms with E-state index < -0.39 is 0 Å². The van der Waals surface area contributed by atoms with Crippen LogP contribution in [0.4, 0.5) is 0 Å². The molecule has 9 heteroatoms. The van der Waals surface area contributed by atoms with E-state index in [9.17, 15) is 4.79 Å². The Labute approximate surface area is 161 Å². The molecule has 1 N–H and O–H groups in total. The van der Waals surface area contributed by atoms with Gasteiger partial charge in [0.05, 0.1) is 19.8 Å². The van der Waals surface area contributed by atoms with Gasteiger partial charge in [-0.15, -0.1) is 0 Å². The van der Waals surface area contributed by atoms with Crippen molar-refractivity contribution in [2.24, 2.45) is 0 Å². The van der Waals surface area contributed by atoms with Crippen LogP contribution in [0.2, 0.25) is 0 Å². The standard InChI is InChI=1S/C19H21N5O4/c25-18(16-12-15(27-22-16)13-24-8-10-26-11-9-24)20-7-6-17-21-19(28-23-17)14-4-2-1-3-5-14/h1-5,12H,6-11,13H2,(H,20,25). The molecule has 1 fully saturated rings. The van der Waals surface area contributed by atoms with Gasteiger partial charge in [-0.05, 0) is 12.1 Å². The summed E-state index contributed by atoms with van der Waals surface area (Å²) in [6.07, 6.45) is 0.459. The third-order valence-electron chi connectivity index (χ3n) is 4.40. The number of rotatable bonds is 7. The molecule has 2 aromatic heterocycles. The fraction of sp³-hybridized carbons (Fsp3) is 0.368. The molecule has 9 nitrogen and oxygen atoms in total. The molecule has 0 bridgehead atoms. The molecular weight excluding hydrogens is 362 g/mol. The first-order chi connectivity index (χ1) is 13.8. The van der Waals surface area contributed by atoms with Gasteiger partial charge in [0.25, 0.3) is 11.8 Å². The van der Waals surface area contributed by atoms with Crippen LogP contribution in [0, 0.1) is 0 Å². The first kappa shape index (κ1) is 18.3. The van der Waals surface area contributed by atoms with Gasteiger partial charge in [0.2, 0.25) is 0 Å². The van der Waals surface area contributed by atoms with E-state index in [0.29, 0.717) is 50.2 Å². The highest BCUT2D eigenvalue weighted by molar-refractivity contribution is 5.92. The molecule has 0 radical (unpaired) electrons. The summed E-state index contributed by atoms with van der Waals surface area (Å²) in [5.74, 6) is 1.37. The number of nitrogens with zero attached hydrogens (tertiary/aromatic N) is 4. The molecule has 1 aliphatic rings. The van der Waals surface area contributed by atoms with Gasteiger partial charge in [-0.1, -0.05) is 28.5 Å². The molecule has 0 unspecified atom stereocenters. The van der Waals surface area contributed by atoms with E-state index in [2.05, 4.69) is 25.5 Å². The molecule has 3 aromatic rings. The second-order valence-electron chi connectivity index (χ2n) is 6.45. The normalized spacial score (nSPS) is 14.9. The fourth-order valence-electron chi connectivity index (χ4n) is 2.91. The van der Waals surface area contributed by atoms with Gasteiger partial charge in [-0.2, -0.15) is 4.98 Å². The maximum absolute atomic E-state index is 12.2. The number of morpholine rings is 1. The summed E-state index contributed by atoms with van der Waals surface area (Å²) in [6.45, 7) is 4.11. The monoisotopic (exact) mass is 383 g/mol. The number of carbonyl (C=O) groups is 1. The first-order valence-corrected chi connectivity index (χ1v) is 9.20. The van der Waals surface area contributed by atoms with Gasteiger partial charge >= 0.3 is 0 Å². The molecule has 0 atom stereocenters. The van der Waals surface area contributed by atoms with Crippen molar-refractivity contribution in [1.82, 2.24) is 25.5 Å². The summed E-state index contributed by atoms with van der Waals surface area (Å²) in [6, 6.07) is 11.2. The minimum atomic E-state index is -0.288. The van der Waals surface area contributed by atoms with Gasteiger partial charge in [-0.3, -0.25) is 9.69 Å². The lowest BCUT2D eigenvalue weighted by Gasteiger charge is -2.25. The zero-order chi connectivity index (χ0) is 19.2. The maximum Gasteiger partial charge on any atom is 0.273 e. The summed E-state index contributed by atoms with van der Waals surface area (Å²) in [5.41, 5.74) is 1.13. The number of ether oxygens (including phenoxy) is 1. The van der Waals surface area contributed by atoms with Crippen LogP contribution in [-0.2, 0) is 17.7 Å². The molecule has 146 valence electrons. The van der Waals surface area contributed by atoms with Crippen molar-refractivity contribution in [3.8, 4) is 11.5 Å². The zero-order valence-corrected chi connectivity index (χ0v) is 15.3. The van der Waals surface area contributed by atoms with E-state index in [1.54, 1.807) is 6.07 Å². The topological polar surface area (TPSA) is 107 Å². The molecule has 4 rings (SSSR count). The molecule has 0 aliphatic carbocycles. The van der Waals surface area contributed by atoms with Crippen molar-refractivity contribution in [2.75, 3.05) is 32.8 Å². The van der Waals surface area contributed by atoms with Crippen LogP contribution >= 0.6 is 0 Å². The highest BCUT2D eigenvalue weighted by Crippen LogP contribution is 2.16. The third kappa shape index (κ3) is 4.62. The largest absolute Gasteiger partial charge is 0.379 e. The van der Waals surface area contributed by atoms with Crippen LogP contribution in [0.3, 0.4) is 0 Å². The van der Waals surface area contributed by atoms with Crippen LogP contribution in [0.5, 0.6) is 0 Å². The van der Waals surface area contributed by atoms with Crippen molar-refractivity contribution in [2.45, 2.75) is 13.0 Å². The van der Waals surface area contributed by atoms with Crippen LogP contribution in [0.25, 0.3) is 11.5 Å². The van der Waals surface area contributed by atoms with Gasteiger partial charge in [-0.25, -0.2) is 0 Å². The number of carbonyl (C=O) groups excluding carboxylic acids is 1. The van der Waals surface area contributed by atoms with Crippen molar-refractivity contribution in [3.05, 3.63) is 53.7 Å². The van der Waals surface area contributed by atoms with E-state index in [-0.39, 0.29) is 11.6 Å². The van der Waals surface area contributed by atoms with Crippen molar-refractivity contribution in [1.29, 1.82) is 0 Å². The van der Waals surface area contributed by atoms with E-state index in [0.717, 1.165) is 18.7 Å². The fourth-order valence-corrected chi connectivity index (χ4v) is 2.91. The molecule has 1 amide bonds. The number of nitrogens with one attached hydrogen (secondary N) is 1. The average Bonchev–Trinajstić information content (AvgIpc) is 3.39. The van der Waals surface area contributed by atoms with Gasteiger partial charge < -0.3 is 19.1 Å². The first-order valence-electron chi connectivity index (χ1n) is 9.20. The zero-order valence-electron chi connectivity index (χ0n) is 15.3. The minimum absolute atomic E-state index is 0.265. The van der Waals surface area contributed by atoms with Crippen molar-refractivity contribution >= 4 is 5.91 Å². The van der Waals surface area contributed by atoms with Crippen LogP contribution in [-0.4, -0.2) is 59.0 Å². The van der Waals surface area contributed by atoms with E-state index in [1.807, 2.05) is 30.3 Å². The second-order valence-corrected chi connectivity index (χ2v) is 6.45. The molecular formula is C19H21N5O4. The van der Waals surface area contributed by atoms with Crippen molar-refractivity contribution < 1.29 is 18.6 Å². The Bertz CT molecular complexity index is 902.